The summed E-state index contributed by atoms with van der Waals surface area (Å²) in [4.78, 5) is 0. The third-order valence-corrected chi connectivity index (χ3v) is 10.9. The van der Waals surface area contributed by atoms with E-state index in [9.17, 15) is 0 Å². The maximum Gasteiger partial charge on any atom is 0.0725 e. The van der Waals surface area contributed by atoms with Crippen molar-refractivity contribution in [3.8, 4) is 18.2 Å². The van der Waals surface area contributed by atoms with Gasteiger partial charge in [0.15, 0.2) is 0 Å². The number of nitrogens with zero attached hydrogens (tertiary/aromatic N) is 3. The zero-order valence-corrected chi connectivity index (χ0v) is 20.0. The van der Waals surface area contributed by atoms with Gasteiger partial charge in [0.05, 0.1) is 62.1 Å². The Balaban J connectivity index is 3.84. The summed E-state index contributed by atoms with van der Waals surface area (Å²) in [5, 5.41) is 27.0. The van der Waals surface area contributed by atoms with Gasteiger partial charge in [-0.25, -0.2) is 0 Å². The van der Waals surface area contributed by atoms with Gasteiger partial charge < -0.3 is 0 Å². The molecule has 0 unspecified atom stereocenters. The largest absolute Gasteiger partial charge is 0.198 e. The first-order valence-electron chi connectivity index (χ1n) is 12.2. The Morgan fingerprint density at radius 2 is 0.759 bits per heavy atom. The average molecular weight is 419 g/mol. The lowest BCUT2D eigenvalue weighted by Crippen LogP contribution is -2.12. The van der Waals surface area contributed by atoms with Crippen molar-refractivity contribution in [1.82, 2.24) is 0 Å². The molecule has 0 heterocycles. The molecule has 0 rings (SSSR count). The number of rotatable bonds is 21. The molecular weight excluding hydrogens is 373 g/mol. The van der Waals surface area contributed by atoms with Crippen LogP contribution in [0.25, 0.3) is 0 Å². The minimum absolute atomic E-state index is 0.587. The van der Waals surface area contributed by atoms with Crippen LogP contribution in [0.4, 0.5) is 0 Å². The summed E-state index contributed by atoms with van der Waals surface area (Å²) in [6, 6.07) is 6.87. The Hall–Kier alpha value is -1.10. The van der Waals surface area contributed by atoms with E-state index in [4.69, 9.17) is 15.8 Å². The second-order valence-corrected chi connectivity index (χ2v) is 13.0. The van der Waals surface area contributed by atoms with Crippen molar-refractivity contribution in [3.63, 3.8) is 0 Å². The van der Waals surface area contributed by atoms with E-state index in [0.717, 1.165) is 18.5 Å². The molecule has 0 aromatic heterocycles. The predicted octanol–water partition coefficient (Wildman–Crippen LogP) is 8.23. The summed E-state index contributed by atoms with van der Waals surface area (Å²) in [6.07, 6.45) is 24.9. The van der Waals surface area contributed by atoms with E-state index in [-0.39, 0.29) is 0 Å². The van der Waals surface area contributed by atoms with Gasteiger partial charge in [-0.15, -0.1) is 0 Å². The number of unbranched alkanes of at least 4 members (excludes halogenated alkanes) is 13. The van der Waals surface area contributed by atoms with Gasteiger partial charge in [0.2, 0.25) is 0 Å². The molecular formula is C25H45N3P+. The van der Waals surface area contributed by atoms with Gasteiger partial charge in [-0.2, -0.15) is 15.8 Å². The molecule has 0 radical (unpaired) electrons. The summed E-state index contributed by atoms with van der Waals surface area (Å²) < 4.78 is 0. The third kappa shape index (κ3) is 17.5. The lowest BCUT2D eigenvalue weighted by molar-refractivity contribution is 0.538. The van der Waals surface area contributed by atoms with Crippen LogP contribution in [0, 0.1) is 34.0 Å². The summed E-state index contributed by atoms with van der Waals surface area (Å²) in [7, 11) is -1.30. The number of hydrogen-bond acceptors (Lipinski definition) is 3. The van der Waals surface area contributed by atoms with Crippen molar-refractivity contribution in [2.45, 2.75) is 116 Å². The van der Waals surface area contributed by atoms with Crippen molar-refractivity contribution in [1.29, 1.82) is 15.8 Å². The van der Waals surface area contributed by atoms with Crippen molar-refractivity contribution in [2.75, 3.05) is 24.6 Å². The molecule has 0 N–H and O–H groups in total. The highest BCUT2D eigenvalue weighted by Gasteiger charge is 2.35. The molecule has 0 amide bonds. The van der Waals surface area contributed by atoms with Gasteiger partial charge in [0.1, 0.15) is 0 Å². The van der Waals surface area contributed by atoms with Gasteiger partial charge >= 0.3 is 0 Å². The van der Waals surface area contributed by atoms with Crippen LogP contribution in [0.15, 0.2) is 0 Å². The summed E-state index contributed by atoms with van der Waals surface area (Å²) in [5.74, 6) is 0. The molecule has 3 nitrogen and oxygen atoms in total. The third-order valence-electron chi connectivity index (χ3n) is 6.08. The topological polar surface area (TPSA) is 71.4 Å². The minimum atomic E-state index is -1.30. The van der Waals surface area contributed by atoms with Crippen LogP contribution >= 0.6 is 7.26 Å². The fraction of sp³-hybridized carbons (Fsp3) is 0.880. The van der Waals surface area contributed by atoms with Crippen molar-refractivity contribution >= 4 is 7.26 Å². The second-order valence-electron chi connectivity index (χ2n) is 8.56. The van der Waals surface area contributed by atoms with Crippen LogP contribution < -0.4 is 0 Å². The first-order valence-corrected chi connectivity index (χ1v) is 14.7. The molecule has 0 aliphatic carbocycles. The lowest BCUT2D eigenvalue weighted by atomic mass is 10.0. The van der Waals surface area contributed by atoms with Gasteiger partial charge in [0.25, 0.3) is 0 Å². The molecule has 0 saturated carbocycles. The Kier molecular flexibility index (Phi) is 20.8. The number of hydrogen-bond donors (Lipinski definition) is 0. The van der Waals surface area contributed by atoms with Crippen molar-refractivity contribution in [2.24, 2.45) is 0 Å². The van der Waals surface area contributed by atoms with E-state index in [1.807, 2.05) is 0 Å². The average Bonchev–Trinajstić information content (AvgIpc) is 2.74. The van der Waals surface area contributed by atoms with Crippen molar-refractivity contribution < 1.29 is 0 Å². The monoisotopic (exact) mass is 418 g/mol. The van der Waals surface area contributed by atoms with E-state index in [1.54, 1.807) is 0 Å². The summed E-state index contributed by atoms with van der Waals surface area (Å²) >= 11 is 0. The molecule has 0 aromatic rings. The highest BCUT2D eigenvalue weighted by molar-refractivity contribution is 7.75. The fourth-order valence-corrected chi connectivity index (χ4v) is 8.13. The van der Waals surface area contributed by atoms with E-state index < -0.39 is 7.26 Å². The molecule has 4 heteroatoms. The van der Waals surface area contributed by atoms with E-state index in [1.165, 1.54) is 96.1 Å². The normalized spacial score (nSPS) is 11.0. The molecule has 0 aromatic carbocycles. The quantitative estimate of drug-likeness (QED) is 0.139. The SMILES string of the molecule is CCCCCCCCCCCCCCCC[P+](CCC#N)(CCC#N)CCC#N. The molecule has 0 aliphatic rings. The van der Waals surface area contributed by atoms with Crippen molar-refractivity contribution in [3.05, 3.63) is 0 Å². The van der Waals surface area contributed by atoms with Gasteiger partial charge in [-0.3, -0.25) is 0 Å². The van der Waals surface area contributed by atoms with Gasteiger partial charge in [-0.1, -0.05) is 84.0 Å². The highest BCUT2D eigenvalue weighted by Crippen LogP contribution is 2.60. The van der Waals surface area contributed by atoms with E-state index in [0.29, 0.717) is 19.3 Å². The molecule has 0 aliphatic heterocycles. The minimum Gasteiger partial charge on any atom is -0.198 e. The fourth-order valence-electron chi connectivity index (χ4n) is 4.17. The molecule has 0 fully saturated rings. The molecule has 29 heavy (non-hydrogen) atoms. The first-order chi connectivity index (χ1) is 14.2. The van der Waals surface area contributed by atoms with Crippen LogP contribution in [-0.4, -0.2) is 24.6 Å². The summed E-state index contributed by atoms with van der Waals surface area (Å²) in [6.45, 7) is 2.27. The standard InChI is InChI=1S/C25H45N3P/c1-2-3-4-5-6-7-8-9-10-11-12-13-14-15-22-29(23-16-19-26,24-17-20-27)25-18-21-28/h2-18,22-25H2,1H3/q+1. The Morgan fingerprint density at radius 1 is 0.448 bits per heavy atom. The van der Waals surface area contributed by atoms with Crippen LogP contribution in [0.3, 0.4) is 0 Å². The van der Waals surface area contributed by atoms with Crippen LogP contribution in [-0.2, 0) is 0 Å². The van der Waals surface area contributed by atoms with E-state index >= 15 is 0 Å². The van der Waals surface area contributed by atoms with Crippen LogP contribution in [0.5, 0.6) is 0 Å². The lowest BCUT2D eigenvalue weighted by Gasteiger charge is -2.25. The Labute approximate surface area is 182 Å². The molecule has 0 saturated heterocycles. The predicted molar refractivity (Wildman–Crippen MR) is 127 cm³/mol. The maximum absolute atomic E-state index is 9.01. The van der Waals surface area contributed by atoms with Gasteiger partial charge in [-0.05, 0) is 12.8 Å². The molecule has 0 bridgehead atoms. The number of nitriles is 3. The molecule has 164 valence electrons. The maximum atomic E-state index is 9.01. The second kappa shape index (κ2) is 21.6. The zero-order chi connectivity index (χ0) is 21.5. The molecule has 0 atom stereocenters. The van der Waals surface area contributed by atoms with E-state index in [2.05, 4.69) is 25.1 Å². The van der Waals surface area contributed by atoms with Crippen LogP contribution in [0.1, 0.15) is 116 Å². The molecule has 0 spiro atoms. The van der Waals surface area contributed by atoms with Crippen LogP contribution in [0.2, 0.25) is 0 Å². The Morgan fingerprint density at radius 3 is 1.07 bits per heavy atom. The zero-order valence-electron chi connectivity index (χ0n) is 19.1. The summed E-state index contributed by atoms with van der Waals surface area (Å²) in [5.41, 5.74) is 0. The highest BCUT2D eigenvalue weighted by atomic mass is 31.2. The first kappa shape index (κ1) is 27.9. The van der Waals surface area contributed by atoms with Gasteiger partial charge in [0, 0.05) is 7.26 Å². The smallest absolute Gasteiger partial charge is 0.0725 e. The Bertz CT molecular complexity index is 438.